The standard InChI is InChI=1S/C12H17FN2/c1-15(7-6-10-8-14-9-10)12-4-2-11(13)3-5-12/h2-5,10,14H,6-9H2,1H3. The molecule has 0 amide bonds. The monoisotopic (exact) mass is 208 g/mol. The first kappa shape index (κ1) is 10.4. The highest BCUT2D eigenvalue weighted by molar-refractivity contribution is 5.45. The molecule has 15 heavy (non-hydrogen) atoms. The molecule has 1 heterocycles. The van der Waals surface area contributed by atoms with Crippen molar-refractivity contribution in [2.24, 2.45) is 5.92 Å². The first-order chi connectivity index (χ1) is 7.25. The largest absolute Gasteiger partial charge is 0.375 e. The zero-order valence-corrected chi connectivity index (χ0v) is 9.04. The summed E-state index contributed by atoms with van der Waals surface area (Å²) in [6.07, 6.45) is 1.21. The Kier molecular flexibility index (Phi) is 3.21. The Labute approximate surface area is 90.1 Å². The molecule has 0 saturated carbocycles. The fourth-order valence-electron chi connectivity index (χ4n) is 1.75. The highest BCUT2D eigenvalue weighted by Crippen LogP contribution is 2.15. The van der Waals surface area contributed by atoms with E-state index >= 15 is 0 Å². The third kappa shape index (κ3) is 2.69. The Bertz CT molecular complexity index is 306. The van der Waals surface area contributed by atoms with Crippen molar-refractivity contribution in [3.63, 3.8) is 0 Å². The summed E-state index contributed by atoms with van der Waals surface area (Å²) < 4.78 is 12.7. The SMILES string of the molecule is CN(CCC1CNC1)c1ccc(F)cc1. The number of anilines is 1. The molecule has 1 aliphatic heterocycles. The molecular weight excluding hydrogens is 191 g/mol. The van der Waals surface area contributed by atoms with Crippen LogP contribution in [-0.2, 0) is 0 Å². The van der Waals surface area contributed by atoms with Crippen LogP contribution in [0.2, 0.25) is 0 Å². The number of nitrogens with zero attached hydrogens (tertiary/aromatic N) is 1. The zero-order valence-electron chi connectivity index (χ0n) is 9.04. The fraction of sp³-hybridized carbons (Fsp3) is 0.500. The minimum Gasteiger partial charge on any atom is -0.375 e. The minimum absolute atomic E-state index is 0.171. The summed E-state index contributed by atoms with van der Waals surface area (Å²) >= 11 is 0. The lowest BCUT2D eigenvalue weighted by Gasteiger charge is -2.29. The van der Waals surface area contributed by atoms with E-state index < -0.39 is 0 Å². The zero-order chi connectivity index (χ0) is 10.7. The molecule has 0 bridgehead atoms. The van der Waals surface area contributed by atoms with Crippen LogP contribution < -0.4 is 10.2 Å². The van der Waals surface area contributed by atoms with Crippen molar-refractivity contribution in [2.75, 3.05) is 31.6 Å². The summed E-state index contributed by atoms with van der Waals surface area (Å²) in [6, 6.07) is 6.68. The maximum atomic E-state index is 12.7. The minimum atomic E-state index is -0.171. The second-order valence-corrected chi connectivity index (χ2v) is 4.21. The number of hydrogen-bond acceptors (Lipinski definition) is 2. The summed E-state index contributed by atoms with van der Waals surface area (Å²) in [5.74, 6) is 0.656. The Morgan fingerprint density at radius 3 is 2.53 bits per heavy atom. The van der Waals surface area contributed by atoms with Gasteiger partial charge >= 0.3 is 0 Å². The molecule has 2 nitrogen and oxygen atoms in total. The van der Waals surface area contributed by atoms with Gasteiger partial charge in [0.15, 0.2) is 0 Å². The fourth-order valence-corrected chi connectivity index (χ4v) is 1.75. The Hall–Kier alpha value is -1.09. The molecule has 0 spiro atoms. The third-order valence-corrected chi connectivity index (χ3v) is 3.01. The van der Waals surface area contributed by atoms with Crippen molar-refractivity contribution < 1.29 is 4.39 Å². The van der Waals surface area contributed by atoms with E-state index in [2.05, 4.69) is 17.3 Å². The van der Waals surface area contributed by atoms with Crippen molar-refractivity contribution in [1.29, 1.82) is 0 Å². The molecule has 0 unspecified atom stereocenters. The van der Waals surface area contributed by atoms with Gasteiger partial charge in [-0.3, -0.25) is 0 Å². The molecule has 1 aliphatic rings. The number of rotatable bonds is 4. The molecule has 1 saturated heterocycles. The van der Waals surface area contributed by atoms with E-state index in [0.717, 1.165) is 31.2 Å². The number of nitrogens with one attached hydrogen (secondary N) is 1. The van der Waals surface area contributed by atoms with Crippen LogP contribution in [0.15, 0.2) is 24.3 Å². The predicted octanol–water partition coefficient (Wildman–Crippen LogP) is 1.87. The van der Waals surface area contributed by atoms with Crippen LogP contribution >= 0.6 is 0 Å². The van der Waals surface area contributed by atoms with E-state index in [1.807, 2.05) is 12.1 Å². The molecule has 1 fully saturated rings. The van der Waals surface area contributed by atoms with Crippen LogP contribution in [0.4, 0.5) is 10.1 Å². The van der Waals surface area contributed by atoms with Gasteiger partial charge in [0.2, 0.25) is 0 Å². The van der Waals surface area contributed by atoms with Crippen LogP contribution in [0.3, 0.4) is 0 Å². The Morgan fingerprint density at radius 2 is 2.00 bits per heavy atom. The third-order valence-electron chi connectivity index (χ3n) is 3.01. The van der Waals surface area contributed by atoms with Gasteiger partial charge in [-0.05, 0) is 49.7 Å². The first-order valence-electron chi connectivity index (χ1n) is 5.43. The van der Waals surface area contributed by atoms with Crippen molar-refractivity contribution in [3.05, 3.63) is 30.1 Å². The van der Waals surface area contributed by atoms with Gasteiger partial charge in [0, 0.05) is 19.3 Å². The van der Waals surface area contributed by atoms with Crippen LogP contribution in [0.25, 0.3) is 0 Å². The highest BCUT2D eigenvalue weighted by atomic mass is 19.1. The van der Waals surface area contributed by atoms with E-state index in [9.17, 15) is 4.39 Å². The summed E-state index contributed by atoms with van der Waals surface area (Å²) in [5, 5.41) is 3.26. The van der Waals surface area contributed by atoms with Crippen LogP contribution in [0, 0.1) is 11.7 Å². The molecule has 0 aliphatic carbocycles. The first-order valence-corrected chi connectivity index (χ1v) is 5.43. The van der Waals surface area contributed by atoms with E-state index in [4.69, 9.17) is 0 Å². The van der Waals surface area contributed by atoms with Gasteiger partial charge < -0.3 is 10.2 Å². The number of benzene rings is 1. The van der Waals surface area contributed by atoms with E-state index in [0.29, 0.717) is 0 Å². The average molecular weight is 208 g/mol. The second kappa shape index (κ2) is 4.62. The van der Waals surface area contributed by atoms with E-state index in [1.54, 1.807) is 0 Å². The molecule has 82 valence electrons. The van der Waals surface area contributed by atoms with Crippen LogP contribution in [-0.4, -0.2) is 26.7 Å². The lowest BCUT2D eigenvalue weighted by atomic mass is 9.99. The molecule has 0 radical (unpaired) electrons. The lowest BCUT2D eigenvalue weighted by molar-refractivity contribution is 0.330. The maximum absolute atomic E-state index is 12.7. The van der Waals surface area contributed by atoms with Gasteiger partial charge in [-0.25, -0.2) is 4.39 Å². The van der Waals surface area contributed by atoms with Crippen LogP contribution in [0.5, 0.6) is 0 Å². The summed E-state index contributed by atoms with van der Waals surface area (Å²) in [6.45, 7) is 3.34. The van der Waals surface area contributed by atoms with Gasteiger partial charge in [0.05, 0.1) is 0 Å². The Morgan fingerprint density at radius 1 is 1.33 bits per heavy atom. The van der Waals surface area contributed by atoms with Gasteiger partial charge in [0.1, 0.15) is 5.82 Å². The smallest absolute Gasteiger partial charge is 0.123 e. The molecule has 0 atom stereocenters. The quantitative estimate of drug-likeness (QED) is 0.812. The molecule has 1 aromatic carbocycles. The van der Waals surface area contributed by atoms with Gasteiger partial charge in [-0.1, -0.05) is 0 Å². The molecule has 3 heteroatoms. The predicted molar refractivity (Wildman–Crippen MR) is 60.6 cm³/mol. The molecule has 1 aromatic rings. The normalized spacial score (nSPS) is 16.1. The lowest BCUT2D eigenvalue weighted by Crippen LogP contribution is -2.43. The van der Waals surface area contributed by atoms with Crippen molar-refractivity contribution >= 4 is 5.69 Å². The maximum Gasteiger partial charge on any atom is 0.123 e. The summed E-state index contributed by atoms with van der Waals surface area (Å²) in [4.78, 5) is 2.18. The van der Waals surface area contributed by atoms with E-state index in [1.165, 1.54) is 18.6 Å². The molecular formula is C12H17FN2. The topological polar surface area (TPSA) is 15.3 Å². The van der Waals surface area contributed by atoms with Crippen LogP contribution in [0.1, 0.15) is 6.42 Å². The highest BCUT2D eigenvalue weighted by Gasteiger charge is 2.16. The molecule has 0 aromatic heterocycles. The number of hydrogen-bond donors (Lipinski definition) is 1. The second-order valence-electron chi connectivity index (χ2n) is 4.21. The molecule has 2 rings (SSSR count). The van der Waals surface area contributed by atoms with Crippen molar-refractivity contribution in [3.8, 4) is 0 Å². The van der Waals surface area contributed by atoms with Gasteiger partial charge in [0.25, 0.3) is 0 Å². The van der Waals surface area contributed by atoms with Crippen molar-refractivity contribution in [2.45, 2.75) is 6.42 Å². The molecule has 1 N–H and O–H groups in total. The Balaban J connectivity index is 1.83. The van der Waals surface area contributed by atoms with Gasteiger partial charge in [-0.15, -0.1) is 0 Å². The summed E-state index contributed by atoms with van der Waals surface area (Å²) in [7, 11) is 2.05. The average Bonchev–Trinajstić information content (AvgIpc) is 2.16. The number of halogens is 1. The van der Waals surface area contributed by atoms with Gasteiger partial charge in [-0.2, -0.15) is 0 Å². The summed E-state index contributed by atoms with van der Waals surface area (Å²) in [5.41, 5.74) is 1.09. The van der Waals surface area contributed by atoms with E-state index in [-0.39, 0.29) is 5.82 Å². The van der Waals surface area contributed by atoms with Crippen molar-refractivity contribution in [1.82, 2.24) is 5.32 Å².